The van der Waals surface area contributed by atoms with Gasteiger partial charge in [-0.05, 0) is 6.92 Å². The van der Waals surface area contributed by atoms with Gasteiger partial charge in [-0.1, -0.05) is 0 Å². The smallest absolute Gasteiger partial charge is 0.157 e. The van der Waals surface area contributed by atoms with E-state index in [1.807, 2.05) is 0 Å². The third-order valence-electron chi connectivity index (χ3n) is 1.58. The van der Waals surface area contributed by atoms with Gasteiger partial charge in [0, 0.05) is 0 Å². The lowest BCUT2D eigenvalue weighted by Gasteiger charge is -2.31. The van der Waals surface area contributed by atoms with E-state index >= 15 is 0 Å². The van der Waals surface area contributed by atoms with Crippen molar-refractivity contribution in [2.45, 2.75) is 31.4 Å². The second-order valence-electron chi connectivity index (χ2n) is 2.40. The van der Waals surface area contributed by atoms with Crippen LogP contribution in [0.15, 0.2) is 0 Å². The fourth-order valence-electron chi connectivity index (χ4n) is 0.826. The summed E-state index contributed by atoms with van der Waals surface area (Å²) in [7, 11) is 0. The summed E-state index contributed by atoms with van der Waals surface area (Å²) in [6.45, 7) is 2.47. The predicted octanol–water partition coefficient (Wildman–Crippen LogP) is -0.373. The Morgan fingerprint density at radius 2 is 2.00 bits per heavy atom. The molecule has 0 spiro atoms. The maximum atomic E-state index is 12.4. The molecule has 0 aliphatic carbocycles. The van der Waals surface area contributed by atoms with Crippen LogP contribution in [0.5, 0.6) is 0 Å². The quantitative estimate of drug-likeness (QED) is 0.494. The van der Waals surface area contributed by atoms with Crippen molar-refractivity contribution < 1.29 is 19.3 Å². The van der Waals surface area contributed by atoms with Crippen molar-refractivity contribution in [2.75, 3.05) is 0 Å². The summed E-state index contributed by atoms with van der Waals surface area (Å²) in [4.78, 5) is 0. The largest absolute Gasteiger partial charge is 0.388 e. The predicted molar refractivity (Wildman–Crippen MR) is 31.8 cm³/mol. The number of halogens is 1. The molecule has 0 amide bonds. The van der Waals surface area contributed by atoms with Gasteiger partial charge in [0.2, 0.25) is 0 Å². The van der Waals surface area contributed by atoms with Crippen molar-refractivity contribution in [1.82, 2.24) is 0 Å². The third-order valence-corrected chi connectivity index (χ3v) is 1.58. The molecule has 1 heterocycles. The summed E-state index contributed by atoms with van der Waals surface area (Å²) in [5, 5.41) is 17.9. The first-order valence-electron chi connectivity index (χ1n) is 3.12. The van der Waals surface area contributed by atoms with Crippen LogP contribution in [0.4, 0.5) is 4.39 Å². The van der Waals surface area contributed by atoms with Crippen LogP contribution in [0.25, 0.3) is 0 Å². The van der Waals surface area contributed by atoms with Crippen LogP contribution < -0.4 is 0 Å². The van der Waals surface area contributed by atoms with Crippen LogP contribution >= 0.6 is 0 Å². The number of alkyl halides is 1. The first-order valence-corrected chi connectivity index (χ1v) is 3.12. The maximum Gasteiger partial charge on any atom is 0.157 e. The standard InChI is InChI=1S/C6H10FO3/c1-3-5(8)6(9)4(7)2-10-3/h2-6,8-9H,1H3/t3-,4+,5-,6-/m1/s1. The minimum absolute atomic E-state index is 0.526. The minimum atomic E-state index is -1.58. The molecule has 0 saturated carbocycles. The Kier molecular flexibility index (Phi) is 2.23. The van der Waals surface area contributed by atoms with E-state index < -0.39 is 24.5 Å². The molecule has 1 saturated heterocycles. The summed E-state index contributed by atoms with van der Waals surface area (Å²) >= 11 is 0. The average Bonchev–Trinajstić information content (AvgIpc) is 1.93. The fraction of sp³-hybridized carbons (Fsp3) is 0.833. The SMILES string of the molecule is C[C@H]1O[CH][C@H](F)[C@@H](O)[C@@H]1O. The van der Waals surface area contributed by atoms with Crippen LogP contribution in [0, 0.1) is 6.61 Å². The number of hydrogen-bond acceptors (Lipinski definition) is 3. The zero-order valence-electron chi connectivity index (χ0n) is 5.57. The Morgan fingerprint density at radius 3 is 2.50 bits per heavy atom. The van der Waals surface area contributed by atoms with Gasteiger partial charge in [0.15, 0.2) is 6.17 Å². The normalized spacial score (nSPS) is 49.2. The van der Waals surface area contributed by atoms with Crippen LogP contribution in [-0.2, 0) is 4.74 Å². The zero-order valence-corrected chi connectivity index (χ0v) is 5.57. The molecule has 1 fully saturated rings. The molecule has 1 rings (SSSR count). The Labute approximate surface area is 58.4 Å². The van der Waals surface area contributed by atoms with Gasteiger partial charge in [-0.3, -0.25) is 0 Å². The molecule has 2 N–H and O–H groups in total. The molecule has 0 aromatic heterocycles. The molecule has 10 heavy (non-hydrogen) atoms. The van der Waals surface area contributed by atoms with Crippen molar-refractivity contribution >= 4 is 0 Å². The minimum Gasteiger partial charge on any atom is -0.388 e. The van der Waals surface area contributed by atoms with E-state index in [1.54, 1.807) is 6.92 Å². The lowest BCUT2D eigenvalue weighted by Crippen LogP contribution is -2.47. The number of aliphatic hydroxyl groups is 2. The highest BCUT2D eigenvalue weighted by atomic mass is 19.1. The first kappa shape index (κ1) is 7.91. The highest BCUT2D eigenvalue weighted by molar-refractivity contribution is 4.89. The van der Waals surface area contributed by atoms with E-state index in [1.165, 1.54) is 0 Å². The lowest BCUT2D eigenvalue weighted by atomic mass is 10.0. The molecule has 1 aliphatic rings. The summed E-state index contributed by atoms with van der Waals surface area (Å²) in [5.74, 6) is 0. The average molecular weight is 149 g/mol. The van der Waals surface area contributed by atoms with E-state index in [0.29, 0.717) is 0 Å². The number of rotatable bonds is 0. The van der Waals surface area contributed by atoms with E-state index in [2.05, 4.69) is 4.74 Å². The van der Waals surface area contributed by atoms with Crippen molar-refractivity contribution in [3.8, 4) is 0 Å². The molecule has 1 radical (unpaired) electrons. The molecular formula is C6H10FO3. The Bertz CT molecular complexity index is 106. The van der Waals surface area contributed by atoms with Crippen molar-refractivity contribution in [3.05, 3.63) is 6.61 Å². The van der Waals surface area contributed by atoms with Gasteiger partial charge < -0.3 is 14.9 Å². The molecule has 1 aliphatic heterocycles. The fourth-order valence-corrected chi connectivity index (χ4v) is 0.826. The number of aliphatic hydroxyl groups excluding tert-OH is 2. The lowest BCUT2D eigenvalue weighted by molar-refractivity contribution is -0.136. The van der Waals surface area contributed by atoms with Gasteiger partial charge in [0.25, 0.3) is 0 Å². The molecule has 0 aromatic carbocycles. The molecule has 3 nitrogen and oxygen atoms in total. The zero-order chi connectivity index (χ0) is 7.72. The second kappa shape index (κ2) is 2.82. The van der Waals surface area contributed by atoms with Gasteiger partial charge in [-0.15, -0.1) is 0 Å². The first-order chi connectivity index (χ1) is 4.63. The Hall–Kier alpha value is -0.190. The van der Waals surface area contributed by atoms with Crippen molar-refractivity contribution in [2.24, 2.45) is 0 Å². The van der Waals surface area contributed by atoms with Crippen molar-refractivity contribution in [3.63, 3.8) is 0 Å². The summed E-state index contributed by atoms with van der Waals surface area (Å²) in [6, 6.07) is 0. The van der Waals surface area contributed by atoms with Crippen LogP contribution in [0.3, 0.4) is 0 Å². The summed E-state index contributed by atoms with van der Waals surface area (Å²) in [5.41, 5.74) is 0. The molecule has 0 bridgehead atoms. The van der Waals surface area contributed by atoms with Crippen LogP contribution in [0.2, 0.25) is 0 Å². The van der Waals surface area contributed by atoms with Gasteiger partial charge >= 0.3 is 0 Å². The van der Waals surface area contributed by atoms with E-state index in [4.69, 9.17) is 10.2 Å². The van der Waals surface area contributed by atoms with Gasteiger partial charge in [-0.25, -0.2) is 4.39 Å². The van der Waals surface area contributed by atoms with Crippen LogP contribution in [0.1, 0.15) is 6.92 Å². The topological polar surface area (TPSA) is 49.7 Å². The summed E-state index contributed by atoms with van der Waals surface area (Å²) < 4.78 is 17.1. The monoisotopic (exact) mass is 149 g/mol. The highest BCUT2D eigenvalue weighted by Crippen LogP contribution is 2.19. The third kappa shape index (κ3) is 1.28. The van der Waals surface area contributed by atoms with E-state index in [9.17, 15) is 4.39 Å². The highest BCUT2D eigenvalue weighted by Gasteiger charge is 2.36. The molecular weight excluding hydrogens is 139 g/mol. The maximum absolute atomic E-state index is 12.4. The molecule has 0 aromatic rings. The van der Waals surface area contributed by atoms with E-state index in [-0.39, 0.29) is 0 Å². The molecule has 0 unspecified atom stereocenters. The van der Waals surface area contributed by atoms with E-state index in [0.717, 1.165) is 6.61 Å². The Balaban J connectivity index is 2.52. The van der Waals surface area contributed by atoms with Gasteiger partial charge in [0.05, 0.1) is 6.10 Å². The second-order valence-corrected chi connectivity index (χ2v) is 2.40. The Morgan fingerprint density at radius 1 is 1.40 bits per heavy atom. The number of hydrogen-bond donors (Lipinski definition) is 2. The van der Waals surface area contributed by atoms with Crippen molar-refractivity contribution in [1.29, 1.82) is 0 Å². The molecule has 59 valence electrons. The molecule has 4 heteroatoms. The van der Waals surface area contributed by atoms with Gasteiger partial charge in [-0.2, -0.15) is 0 Å². The summed E-state index contributed by atoms with van der Waals surface area (Å²) in [6.07, 6.45) is -4.57. The van der Waals surface area contributed by atoms with Gasteiger partial charge in [0.1, 0.15) is 18.8 Å². The van der Waals surface area contributed by atoms with Crippen LogP contribution in [-0.4, -0.2) is 34.7 Å². The number of ether oxygens (including phenoxy) is 1. The molecule has 4 atom stereocenters.